The molecule has 0 unspecified atom stereocenters. The third-order valence-electron chi connectivity index (χ3n) is 4.05. The van der Waals surface area contributed by atoms with Crippen LogP contribution < -0.4 is 5.43 Å². The maximum absolute atomic E-state index is 12.3. The fourth-order valence-corrected chi connectivity index (χ4v) is 3.06. The van der Waals surface area contributed by atoms with Crippen molar-refractivity contribution in [1.82, 2.24) is 4.57 Å². The lowest BCUT2D eigenvalue weighted by atomic mass is 9.88. The van der Waals surface area contributed by atoms with Crippen molar-refractivity contribution in [2.75, 3.05) is 13.7 Å². The summed E-state index contributed by atoms with van der Waals surface area (Å²) in [5.74, 6) is 0. The van der Waals surface area contributed by atoms with E-state index in [1.54, 1.807) is 13.2 Å². The van der Waals surface area contributed by atoms with E-state index in [2.05, 4.69) is 22.8 Å². The Morgan fingerprint density at radius 1 is 1.25 bits per heavy atom. The van der Waals surface area contributed by atoms with Gasteiger partial charge >= 0.3 is 0 Å². The molecule has 0 bridgehead atoms. The molecule has 104 valence electrons. The summed E-state index contributed by atoms with van der Waals surface area (Å²) in [6.07, 6.45) is 1.78. The number of hydrogen-bond acceptors (Lipinski definition) is 2. The molecule has 0 N–H and O–H groups in total. The molecular weight excluding hydrogens is 250 g/mol. The van der Waals surface area contributed by atoms with Crippen LogP contribution in [0.3, 0.4) is 0 Å². The van der Waals surface area contributed by atoms with Crippen molar-refractivity contribution < 1.29 is 4.74 Å². The second kappa shape index (κ2) is 5.25. The molecule has 2 aromatic rings. The highest BCUT2D eigenvalue weighted by atomic mass is 16.5. The van der Waals surface area contributed by atoms with Crippen LogP contribution in [0, 0.1) is 6.92 Å². The van der Waals surface area contributed by atoms with Gasteiger partial charge in [0, 0.05) is 36.5 Å². The first-order valence-electron chi connectivity index (χ1n) is 7.03. The SMILES string of the molecule is COCCn1c(C)cc(=O)c2c1-c1ccccc1CC2. The topological polar surface area (TPSA) is 31.2 Å². The molecule has 0 atom stereocenters. The van der Waals surface area contributed by atoms with Gasteiger partial charge in [-0.2, -0.15) is 0 Å². The molecule has 3 rings (SSSR count). The zero-order valence-electron chi connectivity index (χ0n) is 12.0. The molecule has 3 nitrogen and oxygen atoms in total. The van der Waals surface area contributed by atoms with E-state index in [-0.39, 0.29) is 5.43 Å². The first kappa shape index (κ1) is 13.1. The van der Waals surface area contributed by atoms with Crippen LogP contribution in [0.5, 0.6) is 0 Å². The van der Waals surface area contributed by atoms with E-state index in [1.807, 2.05) is 13.0 Å². The molecule has 3 heteroatoms. The second-order valence-electron chi connectivity index (χ2n) is 5.28. The largest absolute Gasteiger partial charge is 0.383 e. The zero-order chi connectivity index (χ0) is 14.1. The molecule has 1 aromatic heterocycles. The van der Waals surface area contributed by atoms with Crippen LogP contribution in [0.1, 0.15) is 16.8 Å². The third-order valence-corrected chi connectivity index (χ3v) is 4.05. The lowest BCUT2D eigenvalue weighted by Gasteiger charge is -2.25. The molecule has 1 aliphatic carbocycles. The van der Waals surface area contributed by atoms with Gasteiger partial charge in [-0.05, 0) is 25.3 Å². The van der Waals surface area contributed by atoms with E-state index < -0.39 is 0 Å². The highest BCUT2D eigenvalue weighted by molar-refractivity contribution is 5.70. The zero-order valence-corrected chi connectivity index (χ0v) is 12.0. The van der Waals surface area contributed by atoms with Crippen molar-refractivity contribution in [3.63, 3.8) is 0 Å². The van der Waals surface area contributed by atoms with E-state index in [1.165, 1.54) is 11.1 Å². The summed E-state index contributed by atoms with van der Waals surface area (Å²) >= 11 is 0. The number of fused-ring (bicyclic) bond motifs is 3. The lowest BCUT2D eigenvalue weighted by Crippen LogP contribution is -2.23. The summed E-state index contributed by atoms with van der Waals surface area (Å²) in [5, 5.41) is 0. The van der Waals surface area contributed by atoms with Crippen LogP contribution in [0.4, 0.5) is 0 Å². The summed E-state index contributed by atoms with van der Waals surface area (Å²) in [5.41, 5.74) is 5.74. The highest BCUT2D eigenvalue weighted by Crippen LogP contribution is 2.32. The Kier molecular flexibility index (Phi) is 3.45. The normalized spacial score (nSPS) is 12.9. The number of methoxy groups -OCH3 is 1. The fraction of sp³-hybridized carbons (Fsp3) is 0.353. The number of aryl methyl sites for hydroxylation is 2. The van der Waals surface area contributed by atoms with Crippen LogP contribution in [0.25, 0.3) is 11.3 Å². The minimum atomic E-state index is 0.167. The average molecular weight is 269 g/mol. The van der Waals surface area contributed by atoms with Crippen molar-refractivity contribution in [2.45, 2.75) is 26.3 Å². The van der Waals surface area contributed by atoms with E-state index >= 15 is 0 Å². The summed E-state index contributed by atoms with van der Waals surface area (Å²) in [4.78, 5) is 12.3. The van der Waals surface area contributed by atoms with Gasteiger partial charge in [0.25, 0.3) is 0 Å². The lowest BCUT2D eigenvalue weighted by molar-refractivity contribution is 0.187. The molecule has 20 heavy (non-hydrogen) atoms. The molecule has 1 aromatic carbocycles. The Labute approximate surface area is 118 Å². The van der Waals surface area contributed by atoms with Gasteiger partial charge in [0.1, 0.15) is 0 Å². The number of rotatable bonds is 3. The monoisotopic (exact) mass is 269 g/mol. The van der Waals surface area contributed by atoms with Gasteiger partial charge in [-0.25, -0.2) is 0 Å². The fourth-order valence-electron chi connectivity index (χ4n) is 3.06. The Bertz CT molecular complexity index is 701. The molecule has 0 fully saturated rings. The van der Waals surface area contributed by atoms with Gasteiger partial charge in [-0.15, -0.1) is 0 Å². The van der Waals surface area contributed by atoms with Crippen molar-refractivity contribution in [3.05, 3.63) is 57.4 Å². The van der Waals surface area contributed by atoms with E-state index in [4.69, 9.17) is 4.74 Å². The van der Waals surface area contributed by atoms with Crippen molar-refractivity contribution in [3.8, 4) is 11.3 Å². The number of ether oxygens (including phenoxy) is 1. The van der Waals surface area contributed by atoms with Crippen molar-refractivity contribution >= 4 is 0 Å². The van der Waals surface area contributed by atoms with Crippen LogP contribution in [0.15, 0.2) is 35.1 Å². The quantitative estimate of drug-likeness (QED) is 0.857. The molecule has 1 heterocycles. The first-order chi connectivity index (χ1) is 9.72. The predicted octanol–water partition coefficient (Wildman–Crippen LogP) is 2.57. The minimum Gasteiger partial charge on any atom is -0.383 e. The smallest absolute Gasteiger partial charge is 0.185 e. The van der Waals surface area contributed by atoms with Crippen LogP contribution in [-0.4, -0.2) is 18.3 Å². The predicted molar refractivity (Wildman–Crippen MR) is 80.2 cm³/mol. The highest BCUT2D eigenvalue weighted by Gasteiger charge is 2.21. The van der Waals surface area contributed by atoms with Gasteiger partial charge in [-0.1, -0.05) is 24.3 Å². The van der Waals surface area contributed by atoms with Gasteiger partial charge in [-0.3, -0.25) is 4.79 Å². The molecule has 1 aliphatic rings. The number of aromatic nitrogens is 1. The summed E-state index contributed by atoms with van der Waals surface area (Å²) in [6.45, 7) is 3.42. The molecule has 0 radical (unpaired) electrons. The summed E-state index contributed by atoms with van der Waals surface area (Å²) in [6, 6.07) is 10.1. The van der Waals surface area contributed by atoms with E-state index in [0.29, 0.717) is 6.61 Å². The molecule has 0 spiro atoms. The van der Waals surface area contributed by atoms with Crippen molar-refractivity contribution in [1.29, 1.82) is 0 Å². The van der Waals surface area contributed by atoms with Gasteiger partial charge in [0.15, 0.2) is 5.43 Å². The second-order valence-corrected chi connectivity index (χ2v) is 5.28. The third kappa shape index (κ3) is 2.08. The first-order valence-corrected chi connectivity index (χ1v) is 7.03. The molecular formula is C17H19NO2. The van der Waals surface area contributed by atoms with E-state index in [0.717, 1.165) is 36.3 Å². The Balaban J connectivity index is 2.26. The number of nitrogens with zero attached hydrogens (tertiary/aromatic N) is 1. The van der Waals surface area contributed by atoms with Gasteiger partial charge in [0.2, 0.25) is 0 Å². The molecule has 0 amide bonds. The Hall–Kier alpha value is -1.87. The Morgan fingerprint density at radius 2 is 2.05 bits per heavy atom. The molecule has 0 saturated heterocycles. The maximum Gasteiger partial charge on any atom is 0.185 e. The summed E-state index contributed by atoms with van der Waals surface area (Å²) in [7, 11) is 1.71. The van der Waals surface area contributed by atoms with Crippen LogP contribution in [-0.2, 0) is 24.1 Å². The number of benzene rings is 1. The van der Waals surface area contributed by atoms with Crippen molar-refractivity contribution in [2.24, 2.45) is 0 Å². The van der Waals surface area contributed by atoms with Gasteiger partial charge < -0.3 is 9.30 Å². The van der Waals surface area contributed by atoms with Crippen LogP contribution in [0.2, 0.25) is 0 Å². The molecule has 0 saturated carbocycles. The van der Waals surface area contributed by atoms with Gasteiger partial charge in [0.05, 0.1) is 12.3 Å². The maximum atomic E-state index is 12.3. The van der Waals surface area contributed by atoms with Crippen LogP contribution >= 0.6 is 0 Å². The average Bonchev–Trinajstić information content (AvgIpc) is 2.46. The van der Waals surface area contributed by atoms with E-state index in [9.17, 15) is 4.79 Å². The standard InChI is InChI=1S/C17H19NO2/c1-12-11-16(19)15-8-7-13-5-3-4-6-14(13)17(15)18(12)9-10-20-2/h3-6,11H,7-10H2,1-2H3. The minimum absolute atomic E-state index is 0.167. The Morgan fingerprint density at radius 3 is 2.85 bits per heavy atom. The number of pyridine rings is 1. The summed E-state index contributed by atoms with van der Waals surface area (Å²) < 4.78 is 7.43. The number of hydrogen-bond donors (Lipinski definition) is 0. The molecule has 0 aliphatic heterocycles.